The van der Waals surface area contributed by atoms with Crippen LogP contribution >= 0.6 is 12.2 Å². The van der Waals surface area contributed by atoms with Crippen molar-refractivity contribution in [2.24, 2.45) is 10.8 Å². The predicted octanol–water partition coefficient (Wildman–Crippen LogP) is 2.74. The maximum Gasteiger partial charge on any atom is 0.273 e. The van der Waals surface area contributed by atoms with Crippen molar-refractivity contribution in [2.45, 2.75) is 19.8 Å². The molecule has 26 heavy (non-hydrogen) atoms. The van der Waals surface area contributed by atoms with E-state index in [9.17, 15) is 10.1 Å². The molecule has 0 spiro atoms. The van der Waals surface area contributed by atoms with Gasteiger partial charge in [0.2, 0.25) is 0 Å². The van der Waals surface area contributed by atoms with Crippen molar-refractivity contribution in [1.82, 2.24) is 5.43 Å². The molecule has 0 bridgehead atoms. The van der Waals surface area contributed by atoms with Gasteiger partial charge in [0, 0.05) is 5.69 Å². The lowest BCUT2D eigenvalue weighted by Gasteiger charge is -2.15. The highest BCUT2D eigenvalue weighted by Crippen LogP contribution is 2.20. The Hall–Kier alpha value is -3.24. The molecule has 6 nitrogen and oxygen atoms in total. The molecular weight excluding hydrogens is 346 g/mol. The minimum Gasteiger partial charge on any atom is -0.375 e. The topological polar surface area (TPSA) is 103 Å². The number of benzene rings is 2. The zero-order valence-corrected chi connectivity index (χ0v) is 15.3. The quantitative estimate of drug-likeness (QED) is 0.429. The van der Waals surface area contributed by atoms with Crippen LogP contribution in [0.1, 0.15) is 22.6 Å². The van der Waals surface area contributed by atoms with Crippen LogP contribution in [0.3, 0.4) is 0 Å². The van der Waals surface area contributed by atoms with Gasteiger partial charge in [0.25, 0.3) is 5.91 Å². The van der Waals surface area contributed by atoms with Crippen molar-refractivity contribution in [3.05, 3.63) is 65.2 Å². The summed E-state index contributed by atoms with van der Waals surface area (Å²) in [6.07, 6.45) is 0. The van der Waals surface area contributed by atoms with Crippen molar-refractivity contribution in [3.8, 4) is 6.07 Å². The van der Waals surface area contributed by atoms with Crippen molar-refractivity contribution >= 4 is 34.6 Å². The Morgan fingerprint density at radius 3 is 2.54 bits per heavy atom. The molecule has 2 aromatic carbocycles. The number of hydrogen-bond donors (Lipinski definition) is 3. The average molecular weight is 365 g/mol. The SMILES string of the molecule is Cc1ccc(C)c(NC(=O)C(=NNC(N)=S)C(C#N)c2ccccc2)c1. The van der Waals surface area contributed by atoms with Crippen LogP contribution in [0.2, 0.25) is 0 Å². The second-order valence-electron chi connectivity index (χ2n) is 5.72. The Balaban J connectivity index is 2.39. The molecule has 2 aromatic rings. The van der Waals surface area contributed by atoms with Gasteiger partial charge in [0.05, 0.1) is 6.07 Å². The summed E-state index contributed by atoms with van der Waals surface area (Å²) >= 11 is 4.75. The number of rotatable bonds is 5. The maximum absolute atomic E-state index is 12.8. The highest BCUT2D eigenvalue weighted by atomic mass is 32.1. The highest BCUT2D eigenvalue weighted by Gasteiger charge is 2.25. The van der Waals surface area contributed by atoms with Crippen LogP contribution < -0.4 is 16.5 Å². The van der Waals surface area contributed by atoms with E-state index in [1.807, 2.05) is 38.1 Å². The molecule has 1 unspecified atom stereocenters. The van der Waals surface area contributed by atoms with E-state index >= 15 is 0 Å². The molecule has 1 amide bonds. The fraction of sp³-hybridized carbons (Fsp3) is 0.158. The number of amides is 1. The van der Waals surface area contributed by atoms with Gasteiger partial charge in [-0.15, -0.1) is 0 Å². The number of nitrogens with two attached hydrogens (primary N) is 1. The normalized spacial score (nSPS) is 12.0. The van der Waals surface area contributed by atoms with Crippen molar-refractivity contribution in [3.63, 3.8) is 0 Å². The monoisotopic (exact) mass is 365 g/mol. The molecule has 0 aromatic heterocycles. The summed E-state index contributed by atoms with van der Waals surface area (Å²) < 4.78 is 0. The minimum atomic E-state index is -0.872. The van der Waals surface area contributed by atoms with E-state index < -0.39 is 11.8 Å². The Morgan fingerprint density at radius 2 is 1.92 bits per heavy atom. The zero-order chi connectivity index (χ0) is 19.1. The van der Waals surface area contributed by atoms with Gasteiger partial charge in [-0.3, -0.25) is 10.2 Å². The second kappa shape index (κ2) is 8.74. The maximum atomic E-state index is 12.8. The lowest BCUT2D eigenvalue weighted by molar-refractivity contribution is -0.110. The molecule has 2 rings (SSSR count). The first-order valence-corrected chi connectivity index (χ1v) is 8.29. The summed E-state index contributed by atoms with van der Waals surface area (Å²) in [6.45, 7) is 3.82. The fourth-order valence-corrected chi connectivity index (χ4v) is 2.40. The molecule has 0 radical (unpaired) electrons. The van der Waals surface area contributed by atoms with Crippen LogP contribution in [0, 0.1) is 25.2 Å². The highest BCUT2D eigenvalue weighted by molar-refractivity contribution is 7.80. The number of hydrazone groups is 1. The van der Waals surface area contributed by atoms with Crippen LogP contribution in [0.4, 0.5) is 5.69 Å². The molecular formula is C19H19N5OS. The van der Waals surface area contributed by atoms with Gasteiger partial charge in [0.15, 0.2) is 5.11 Å². The largest absolute Gasteiger partial charge is 0.375 e. The Morgan fingerprint density at radius 1 is 1.23 bits per heavy atom. The summed E-state index contributed by atoms with van der Waals surface area (Å²) in [7, 11) is 0. The molecule has 0 fully saturated rings. The Kier molecular flexibility index (Phi) is 6.42. The first-order chi connectivity index (χ1) is 12.4. The van der Waals surface area contributed by atoms with Gasteiger partial charge in [-0.05, 0) is 48.8 Å². The van der Waals surface area contributed by atoms with Gasteiger partial charge in [0.1, 0.15) is 11.6 Å². The lowest BCUT2D eigenvalue weighted by Crippen LogP contribution is -2.33. The van der Waals surface area contributed by atoms with Crippen molar-refractivity contribution in [1.29, 1.82) is 5.26 Å². The van der Waals surface area contributed by atoms with E-state index in [1.165, 1.54) is 0 Å². The third-order valence-corrected chi connectivity index (χ3v) is 3.79. The summed E-state index contributed by atoms with van der Waals surface area (Å²) in [4.78, 5) is 12.8. The van der Waals surface area contributed by atoms with E-state index in [4.69, 9.17) is 18.0 Å². The average Bonchev–Trinajstić information content (AvgIpc) is 2.62. The summed E-state index contributed by atoms with van der Waals surface area (Å²) in [5.41, 5.74) is 11.0. The van der Waals surface area contributed by atoms with Gasteiger partial charge in [-0.1, -0.05) is 42.5 Å². The van der Waals surface area contributed by atoms with Gasteiger partial charge < -0.3 is 11.1 Å². The van der Waals surface area contributed by atoms with E-state index in [-0.39, 0.29) is 10.8 Å². The lowest BCUT2D eigenvalue weighted by atomic mass is 9.95. The van der Waals surface area contributed by atoms with Crippen molar-refractivity contribution in [2.75, 3.05) is 5.32 Å². The van der Waals surface area contributed by atoms with Gasteiger partial charge >= 0.3 is 0 Å². The van der Waals surface area contributed by atoms with E-state index in [1.54, 1.807) is 24.3 Å². The standard InChI is InChI=1S/C19H19N5OS/c1-12-8-9-13(2)16(10-12)22-18(25)17(23-24-19(21)26)15(11-20)14-6-4-3-5-7-14/h3-10,15H,1-2H3,(H,22,25)(H3,21,24,26). The summed E-state index contributed by atoms with van der Waals surface area (Å²) in [5, 5.41) is 16.3. The number of nitrogens with one attached hydrogen (secondary N) is 2. The molecule has 0 saturated carbocycles. The van der Waals surface area contributed by atoms with Crippen molar-refractivity contribution < 1.29 is 4.79 Å². The smallest absolute Gasteiger partial charge is 0.273 e. The fourth-order valence-electron chi connectivity index (χ4n) is 2.36. The van der Waals surface area contributed by atoms with E-state index in [0.717, 1.165) is 11.1 Å². The minimum absolute atomic E-state index is 0.0209. The number of aryl methyl sites for hydroxylation is 2. The summed E-state index contributed by atoms with van der Waals surface area (Å²) in [6, 6.07) is 16.8. The Bertz CT molecular complexity index is 887. The van der Waals surface area contributed by atoms with Crippen LogP contribution in [-0.2, 0) is 4.79 Å². The van der Waals surface area contributed by atoms with Gasteiger partial charge in [-0.2, -0.15) is 10.4 Å². The molecule has 4 N–H and O–H groups in total. The van der Waals surface area contributed by atoms with Crippen LogP contribution in [0.25, 0.3) is 0 Å². The van der Waals surface area contributed by atoms with Gasteiger partial charge in [-0.25, -0.2) is 0 Å². The van der Waals surface area contributed by atoms with Crippen LogP contribution in [0.5, 0.6) is 0 Å². The first kappa shape index (κ1) is 19.1. The number of hydrogen-bond acceptors (Lipinski definition) is 4. The predicted molar refractivity (Wildman–Crippen MR) is 107 cm³/mol. The molecule has 0 aliphatic carbocycles. The first-order valence-electron chi connectivity index (χ1n) is 7.88. The molecule has 7 heteroatoms. The number of thiocarbonyl (C=S) groups is 1. The number of anilines is 1. The number of nitrogens with zero attached hydrogens (tertiary/aromatic N) is 2. The molecule has 132 valence electrons. The molecule has 0 saturated heterocycles. The third-order valence-electron chi connectivity index (χ3n) is 3.70. The number of carbonyl (C=O) groups excluding carboxylic acids is 1. The number of nitriles is 1. The zero-order valence-electron chi connectivity index (χ0n) is 14.5. The number of carbonyl (C=O) groups is 1. The van der Waals surface area contributed by atoms with Crippen LogP contribution in [-0.4, -0.2) is 16.7 Å². The molecule has 0 heterocycles. The molecule has 1 atom stereocenters. The molecule has 0 aliphatic heterocycles. The van der Waals surface area contributed by atoms with E-state index in [0.29, 0.717) is 11.3 Å². The summed E-state index contributed by atoms with van der Waals surface area (Å²) in [5.74, 6) is -1.37. The Labute approximate surface area is 157 Å². The third kappa shape index (κ3) is 4.88. The van der Waals surface area contributed by atoms with E-state index in [2.05, 4.69) is 21.9 Å². The van der Waals surface area contributed by atoms with Crippen LogP contribution in [0.15, 0.2) is 53.6 Å². The second-order valence-corrected chi connectivity index (χ2v) is 6.16. The molecule has 0 aliphatic rings.